The van der Waals surface area contributed by atoms with Gasteiger partial charge >= 0.3 is 17.6 Å². The Kier molecular flexibility index (Phi) is 12.8. The van der Waals surface area contributed by atoms with E-state index in [9.17, 15) is 24.5 Å². The summed E-state index contributed by atoms with van der Waals surface area (Å²) in [4.78, 5) is 48.5. The number of rotatable bonds is 14. The van der Waals surface area contributed by atoms with Crippen molar-refractivity contribution >= 4 is 63.0 Å². The van der Waals surface area contributed by atoms with Crippen LogP contribution in [0.5, 0.6) is 11.5 Å². The molecule has 3 N–H and O–H groups in total. The third-order valence-electron chi connectivity index (χ3n) is 6.85. The molecule has 0 aliphatic carbocycles. The number of hydrogen-bond donors (Lipinski definition) is 3. The first-order chi connectivity index (χ1) is 23.5. The summed E-state index contributed by atoms with van der Waals surface area (Å²) in [7, 11) is 0. The van der Waals surface area contributed by atoms with Crippen molar-refractivity contribution in [2.75, 3.05) is 19.8 Å². The Morgan fingerprint density at radius 3 is 2.43 bits per heavy atom. The number of nitrogens with zero attached hydrogens (tertiary/aromatic N) is 2. The lowest BCUT2D eigenvalue weighted by Gasteiger charge is -2.30. The van der Waals surface area contributed by atoms with Crippen LogP contribution in [0.1, 0.15) is 53.9 Å². The van der Waals surface area contributed by atoms with Gasteiger partial charge in [-0.1, -0.05) is 30.3 Å². The third kappa shape index (κ3) is 9.61. The average molecular weight is 755 g/mol. The maximum Gasteiger partial charge on any atom is 0.338 e. The van der Waals surface area contributed by atoms with Crippen molar-refractivity contribution in [3.05, 3.63) is 109 Å². The molecule has 1 aliphatic heterocycles. The van der Waals surface area contributed by atoms with E-state index < -0.39 is 35.4 Å². The molecule has 1 aliphatic rings. The zero-order valence-corrected chi connectivity index (χ0v) is 29.0. The summed E-state index contributed by atoms with van der Waals surface area (Å²) in [5.41, 5.74) is 4.76. The van der Waals surface area contributed by atoms with Crippen LogP contribution in [0.4, 0.5) is 5.69 Å². The van der Waals surface area contributed by atoms with Gasteiger partial charge in [0.15, 0.2) is 11.7 Å². The number of para-hydroxylation sites is 1. The van der Waals surface area contributed by atoms with Crippen LogP contribution in [0, 0.1) is 10.1 Å². The smallest absolute Gasteiger partial charge is 0.338 e. The summed E-state index contributed by atoms with van der Waals surface area (Å²) >= 11 is 8.62. The molecule has 0 radical (unpaired) electrons. The molecule has 0 spiro atoms. The van der Waals surface area contributed by atoms with Gasteiger partial charge in [-0.2, -0.15) is 5.10 Å². The molecular weight excluding hydrogens is 722 g/mol. The first-order valence-corrected chi connectivity index (χ1v) is 16.1. The molecule has 49 heavy (non-hydrogen) atoms. The SMILES string of the molecule is CCOC(=O)C1=C(C)NC(=S)N[C@H]1c1ccccc1OCC(=O)NN=Cc1cc(Br)c(OCc2ccc(C(=O)OCC)cc2)c([N+](=O)[O-])c1. The topological polar surface area (TPSA) is 180 Å². The van der Waals surface area contributed by atoms with Crippen molar-refractivity contribution in [2.45, 2.75) is 33.4 Å². The average Bonchev–Trinajstić information content (AvgIpc) is 3.06. The van der Waals surface area contributed by atoms with Crippen molar-refractivity contribution in [1.82, 2.24) is 16.1 Å². The van der Waals surface area contributed by atoms with E-state index in [0.717, 1.165) is 0 Å². The molecule has 1 amide bonds. The molecule has 1 heterocycles. The minimum absolute atomic E-state index is 0.00439. The molecule has 0 aromatic heterocycles. The van der Waals surface area contributed by atoms with Crippen LogP contribution < -0.4 is 25.5 Å². The van der Waals surface area contributed by atoms with Crippen molar-refractivity contribution < 1.29 is 38.3 Å². The second kappa shape index (κ2) is 17.2. The van der Waals surface area contributed by atoms with E-state index in [1.54, 1.807) is 75.4 Å². The quantitative estimate of drug-likeness (QED) is 0.0661. The number of halogens is 1. The fraction of sp³-hybridized carbons (Fsp3) is 0.242. The molecule has 0 saturated heterocycles. The van der Waals surface area contributed by atoms with Crippen LogP contribution in [-0.4, -0.2) is 53.9 Å². The predicted octanol–water partition coefficient (Wildman–Crippen LogP) is 5.00. The number of carbonyl (C=O) groups excluding carboxylic acids is 3. The highest BCUT2D eigenvalue weighted by atomic mass is 79.9. The summed E-state index contributed by atoms with van der Waals surface area (Å²) in [5, 5.41) is 22.1. The van der Waals surface area contributed by atoms with E-state index in [4.69, 9.17) is 31.2 Å². The number of thiocarbonyl (C=S) groups is 1. The van der Waals surface area contributed by atoms with Gasteiger partial charge in [-0.3, -0.25) is 14.9 Å². The van der Waals surface area contributed by atoms with Crippen LogP contribution in [0.25, 0.3) is 0 Å². The predicted molar refractivity (Wildman–Crippen MR) is 186 cm³/mol. The number of carbonyl (C=O) groups is 3. The highest BCUT2D eigenvalue weighted by Gasteiger charge is 2.32. The Hall–Kier alpha value is -5.35. The summed E-state index contributed by atoms with van der Waals surface area (Å²) in [6.07, 6.45) is 1.24. The van der Waals surface area contributed by atoms with E-state index in [2.05, 4.69) is 37.1 Å². The molecule has 0 bridgehead atoms. The Bertz CT molecular complexity index is 1810. The maximum atomic E-state index is 12.8. The largest absolute Gasteiger partial charge is 0.483 e. The van der Waals surface area contributed by atoms with Gasteiger partial charge in [0.2, 0.25) is 5.75 Å². The lowest BCUT2D eigenvalue weighted by molar-refractivity contribution is -0.386. The zero-order chi connectivity index (χ0) is 35.5. The standard InChI is InChI=1S/C33H32BrN5O9S/c1-4-45-31(41)22-12-10-20(11-13-22)17-48-30-24(34)14-21(15-25(30)39(43)44)16-35-38-27(40)18-47-26-9-7-6-8-23(26)29-28(32(42)46-5-2)19(3)36-33(49)37-29/h6-16,29H,4-5,17-18H2,1-3H3,(H,38,40)(H2,36,37,49)/t29-/m0/s1. The van der Waals surface area contributed by atoms with Gasteiger partial charge < -0.3 is 29.6 Å². The summed E-state index contributed by atoms with van der Waals surface area (Å²) in [6, 6.07) is 15.5. The Morgan fingerprint density at radius 1 is 1.04 bits per heavy atom. The van der Waals surface area contributed by atoms with Crippen LogP contribution >= 0.6 is 28.1 Å². The number of benzene rings is 3. The van der Waals surface area contributed by atoms with Crippen LogP contribution in [-0.2, 0) is 25.7 Å². The molecule has 0 fully saturated rings. The Morgan fingerprint density at radius 2 is 1.73 bits per heavy atom. The molecule has 1 atom stereocenters. The highest BCUT2D eigenvalue weighted by molar-refractivity contribution is 9.10. The number of nitro benzene ring substituents is 1. The monoisotopic (exact) mass is 753 g/mol. The molecule has 0 unspecified atom stereocenters. The Balaban J connectivity index is 1.40. The fourth-order valence-electron chi connectivity index (χ4n) is 4.67. The summed E-state index contributed by atoms with van der Waals surface area (Å²) in [5.74, 6) is -1.27. The lowest BCUT2D eigenvalue weighted by Crippen LogP contribution is -2.45. The van der Waals surface area contributed by atoms with Crippen molar-refractivity contribution in [3.8, 4) is 11.5 Å². The number of nitro groups is 1. The first-order valence-electron chi connectivity index (χ1n) is 14.9. The summed E-state index contributed by atoms with van der Waals surface area (Å²) in [6.45, 7) is 5.14. The normalized spacial score (nSPS) is 14.0. The molecule has 14 nitrogen and oxygen atoms in total. The molecule has 3 aromatic rings. The number of hydrogen-bond acceptors (Lipinski definition) is 11. The first kappa shape index (κ1) is 36.5. The van der Waals surface area contributed by atoms with Gasteiger partial charge in [0.1, 0.15) is 12.4 Å². The van der Waals surface area contributed by atoms with Crippen molar-refractivity contribution in [2.24, 2.45) is 5.10 Å². The van der Waals surface area contributed by atoms with Gasteiger partial charge in [0, 0.05) is 22.9 Å². The second-order valence-electron chi connectivity index (χ2n) is 10.2. The fourth-order valence-corrected chi connectivity index (χ4v) is 5.52. The molecule has 0 saturated carbocycles. The number of ether oxygens (including phenoxy) is 4. The molecule has 256 valence electrons. The number of esters is 2. The van der Waals surface area contributed by atoms with E-state index in [1.165, 1.54) is 12.3 Å². The lowest BCUT2D eigenvalue weighted by atomic mass is 9.95. The molecule has 3 aromatic carbocycles. The van der Waals surface area contributed by atoms with Crippen LogP contribution in [0.15, 0.2) is 81.5 Å². The van der Waals surface area contributed by atoms with E-state index in [1.807, 2.05) is 0 Å². The number of nitrogens with one attached hydrogen (secondary N) is 3. The van der Waals surface area contributed by atoms with Crippen LogP contribution in [0.3, 0.4) is 0 Å². The number of hydrazone groups is 1. The minimum atomic E-state index is -0.692. The van der Waals surface area contributed by atoms with Gasteiger partial charge in [-0.15, -0.1) is 0 Å². The highest BCUT2D eigenvalue weighted by Crippen LogP contribution is 2.37. The minimum Gasteiger partial charge on any atom is -0.483 e. The molecular formula is C33H32BrN5O9S. The zero-order valence-electron chi connectivity index (χ0n) is 26.6. The number of allylic oxidation sites excluding steroid dienone is 1. The van der Waals surface area contributed by atoms with E-state index >= 15 is 0 Å². The molecule has 4 rings (SSSR count). The van der Waals surface area contributed by atoms with Gasteiger partial charge in [0.25, 0.3) is 5.91 Å². The number of amides is 1. The van der Waals surface area contributed by atoms with Gasteiger partial charge in [-0.05, 0) is 78.7 Å². The van der Waals surface area contributed by atoms with E-state index in [0.29, 0.717) is 44.4 Å². The molecule has 16 heteroatoms. The maximum absolute atomic E-state index is 12.8. The van der Waals surface area contributed by atoms with Crippen LogP contribution in [0.2, 0.25) is 0 Å². The van der Waals surface area contributed by atoms with Gasteiger partial charge in [-0.25, -0.2) is 15.0 Å². The summed E-state index contributed by atoms with van der Waals surface area (Å²) < 4.78 is 22.0. The van der Waals surface area contributed by atoms with Gasteiger partial charge in [0.05, 0.1) is 46.0 Å². The van der Waals surface area contributed by atoms with Crippen molar-refractivity contribution in [3.63, 3.8) is 0 Å². The van der Waals surface area contributed by atoms with Crippen molar-refractivity contribution in [1.29, 1.82) is 0 Å². The second-order valence-corrected chi connectivity index (χ2v) is 11.5. The third-order valence-corrected chi connectivity index (χ3v) is 7.66. The Labute approximate surface area is 295 Å². The van der Waals surface area contributed by atoms with E-state index in [-0.39, 0.29) is 35.7 Å².